The van der Waals surface area contributed by atoms with Crippen molar-refractivity contribution in [3.63, 3.8) is 0 Å². The predicted molar refractivity (Wildman–Crippen MR) is 76.9 cm³/mol. The Labute approximate surface area is 127 Å². The van der Waals surface area contributed by atoms with Gasteiger partial charge in [-0.1, -0.05) is 12.1 Å². The summed E-state index contributed by atoms with van der Waals surface area (Å²) in [5, 5.41) is 13.4. The lowest BCUT2D eigenvalue weighted by Gasteiger charge is -2.34. The summed E-state index contributed by atoms with van der Waals surface area (Å²) in [7, 11) is 1.28. The summed E-state index contributed by atoms with van der Waals surface area (Å²) in [5.41, 5.74) is 0.862. The number of nitro benzene ring substituents is 1. The monoisotopic (exact) mass is 307 g/mol. The number of hydrogen-bond acceptors (Lipinski definition) is 6. The second-order valence-electron chi connectivity index (χ2n) is 4.98. The van der Waals surface area contributed by atoms with E-state index in [1.807, 2.05) is 4.90 Å². The number of hydrogen-bond donors (Lipinski definition) is 1. The highest BCUT2D eigenvalue weighted by molar-refractivity contribution is 5.87. The Balaban J connectivity index is 2.09. The molecule has 0 bridgehead atoms. The van der Waals surface area contributed by atoms with Gasteiger partial charge in [0.05, 0.1) is 18.5 Å². The quantitative estimate of drug-likeness (QED) is 0.481. The molecule has 0 aliphatic carbocycles. The first kappa shape index (κ1) is 15.9. The van der Waals surface area contributed by atoms with Crippen LogP contribution in [0.4, 0.5) is 5.69 Å². The van der Waals surface area contributed by atoms with Gasteiger partial charge in [-0.05, 0) is 5.56 Å². The fraction of sp³-hybridized carbons (Fsp3) is 0.429. The van der Waals surface area contributed by atoms with Gasteiger partial charge in [-0.15, -0.1) is 0 Å². The molecule has 1 aliphatic rings. The minimum atomic E-state index is -0.587. The molecular formula is C14H17N3O5. The Hall–Kier alpha value is -2.48. The molecule has 1 aromatic carbocycles. The standard InChI is InChI=1S/C14H17N3O5/c1-22-13(18)8-12-14(19)15-6-7-16(12)9-10-2-4-11(5-3-10)17(20)21/h2-5,12H,6-9H2,1H3,(H,15,19). The van der Waals surface area contributed by atoms with Crippen LogP contribution < -0.4 is 5.32 Å². The lowest BCUT2D eigenvalue weighted by molar-refractivity contribution is -0.384. The number of nitrogens with one attached hydrogen (secondary N) is 1. The van der Waals surface area contributed by atoms with Crippen LogP contribution in [0.3, 0.4) is 0 Å². The zero-order valence-corrected chi connectivity index (χ0v) is 12.2. The van der Waals surface area contributed by atoms with Crippen molar-refractivity contribution < 1.29 is 19.2 Å². The van der Waals surface area contributed by atoms with E-state index in [1.54, 1.807) is 12.1 Å². The molecule has 118 valence electrons. The zero-order valence-electron chi connectivity index (χ0n) is 12.2. The average Bonchev–Trinajstić information content (AvgIpc) is 2.51. The third-order valence-corrected chi connectivity index (χ3v) is 3.56. The molecule has 0 spiro atoms. The molecule has 1 aliphatic heterocycles. The molecule has 1 saturated heterocycles. The van der Waals surface area contributed by atoms with E-state index in [0.717, 1.165) is 5.56 Å². The van der Waals surface area contributed by atoms with E-state index < -0.39 is 16.9 Å². The van der Waals surface area contributed by atoms with Crippen LogP contribution in [-0.2, 0) is 20.9 Å². The lowest BCUT2D eigenvalue weighted by Crippen LogP contribution is -2.55. The number of rotatable bonds is 5. The van der Waals surface area contributed by atoms with Crippen LogP contribution in [-0.4, -0.2) is 47.9 Å². The van der Waals surface area contributed by atoms with Crippen molar-refractivity contribution in [1.82, 2.24) is 10.2 Å². The topological polar surface area (TPSA) is 102 Å². The van der Waals surface area contributed by atoms with Gasteiger partial charge in [-0.25, -0.2) is 0 Å². The normalized spacial score (nSPS) is 18.6. The minimum absolute atomic E-state index is 0.0185. The Kier molecular flexibility index (Phi) is 5.05. The largest absolute Gasteiger partial charge is 0.469 e. The number of piperazine rings is 1. The number of esters is 1. The number of nitrogens with zero attached hydrogens (tertiary/aromatic N) is 2. The van der Waals surface area contributed by atoms with E-state index in [0.29, 0.717) is 19.6 Å². The number of benzene rings is 1. The maximum atomic E-state index is 11.9. The molecule has 1 amide bonds. The maximum absolute atomic E-state index is 11.9. The molecule has 1 aromatic rings. The Bertz CT molecular complexity index is 572. The van der Waals surface area contributed by atoms with Gasteiger partial charge in [-0.2, -0.15) is 0 Å². The van der Waals surface area contributed by atoms with Gasteiger partial charge in [0.2, 0.25) is 5.91 Å². The van der Waals surface area contributed by atoms with Crippen LogP contribution in [0.25, 0.3) is 0 Å². The smallest absolute Gasteiger partial charge is 0.307 e. The summed E-state index contributed by atoms with van der Waals surface area (Å²) >= 11 is 0. The van der Waals surface area contributed by atoms with Crippen LogP contribution in [0, 0.1) is 10.1 Å². The van der Waals surface area contributed by atoms with E-state index in [1.165, 1.54) is 19.2 Å². The number of amides is 1. The van der Waals surface area contributed by atoms with Gasteiger partial charge in [0.1, 0.15) is 6.04 Å². The van der Waals surface area contributed by atoms with Gasteiger partial charge in [0.25, 0.3) is 5.69 Å². The van der Waals surface area contributed by atoms with E-state index >= 15 is 0 Å². The lowest BCUT2D eigenvalue weighted by atomic mass is 10.1. The summed E-state index contributed by atoms with van der Waals surface area (Å²) < 4.78 is 4.62. The fourth-order valence-corrected chi connectivity index (χ4v) is 2.37. The Morgan fingerprint density at radius 3 is 2.73 bits per heavy atom. The summed E-state index contributed by atoms with van der Waals surface area (Å²) in [6, 6.07) is 5.57. The SMILES string of the molecule is COC(=O)CC1C(=O)NCCN1Cc1ccc([N+](=O)[O-])cc1. The number of methoxy groups -OCH3 is 1. The van der Waals surface area contributed by atoms with Crippen LogP contribution in [0.15, 0.2) is 24.3 Å². The number of nitro groups is 1. The van der Waals surface area contributed by atoms with Crippen molar-refractivity contribution >= 4 is 17.6 Å². The molecule has 8 heteroatoms. The highest BCUT2D eigenvalue weighted by Gasteiger charge is 2.31. The highest BCUT2D eigenvalue weighted by Crippen LogP contribution is 2.17. The molecule has 8 nitrogen and oxygen atoms in total. The number of carbonyl (C=O) groups is 2. The molecule has 2 rings (SSSR count). The van der Waals surface area contributed by atoms with E-state index in [4.69, 9.17) is 0 Å². The molecular weight excluding hydrogens is 290 g/mol. The highest BCUT2D eigenvalue weighted by atomic mass is 16.6. The van der Waals surface area contributed by atoms with Crippen LogP contribution in [0.5, 0.6) is 0 Å². The number of non-ortho nitro benzene ring substituents is 1. The van der Waals surface area contributed by atoms with Crippen LogP contribution in [0.1, 0.15) is 12.0 Å². The number of carbonyl (C=O) groups excluding carboxylic acids is 2. The second-order valence-corrected chi connectivity index (χ2v) is 4.98. The fourth-order valence-electron chi connectivity index (χ4n) is 2.37. The second kappa shape index (κ2) is 6.99. The van der Waals surface area contributed by atoms with Crippen molar-refractivity contribution in [2.24, 2.45) is 0 Å². The minimum Gasteiger partial charge on any atom is -0.469 e. The van der Waals surface area contributed by atoms with Gasteiger partial charge in [-0.3, -0.25) is 24.6 Å². The van der Waals surface area contributed by atoms with Crippen molar-refractivity contribution in [2.45, 2.75) is 19.0 Å². The van der Waals surface area contributed by atoms with Crippen molar-refractivity contribution in [3.8, 4) is 0 Å². The van der Waals surface area contributed by atoms with Crippen LogP contribution >= 0.6 is 0 Å². The third kappa shape index (κ3) is 3.79. The molecule has 1 N–H and O–H groups in total. The van der Waals surface area contributed by atoms with Gasteiger partial charge in [0.15, 0.2) is 0 Å². The van der Waals surface area contributed by atoms with E-state index in [9.17, 15) is 19.7 Å². The molecule has 1 atom stereocenters. The maximum Gasteiger partial charge on any atom is 0.307 e. The van der Waals surface area contributed by atoms with Crippen molar-refractivity contribution in [1.29, 1.82) is 0 Å². The van der Waals surface area contributed by atoms with Crippen molar-refractivity contribution in [2.75, 3.05) is 20.2 Å². The Morgan fingerprint density at radius 1 is 1.45 bits per heavy atom. The van der Waals surface area contributed by atoms with Gasteiger partial charge < -0.3 is 10.1 Å². The molecule has 0 radical (unpaired) electrons. The van der Waals surface area contributed by atoms with Gasteiger partial charge in [0, 0.05) is 31.8 Å². The summed E-state index contributed by atoms with van der Waals surface area (Å²) in [4.78, 5) is 35.4. The molecule has 22 heavy (non-hydrogen) atoms. The van der Waals surface area contributed by atoms with Crippen molar-refractivity contribution in [3.05, 3.63) is 39.9 Å². The average molecular weight is 307 g/mol. The summed E-state index contributed by atoms with van der Waals surface area (Å²) in [6.07, 6.45) is -0.0185. The van der Waals surface area contributed by atoms with Gasteiger partial charge >= 0.3 is 5.97 Å². The molecule has 0 saturated carbocycles. The summed E-state index contributed by atoms with van der Waals surface area (Å²) in [6.45, 7) is 1.54. The predicted octanol–water partition coefficient (Wildman–Crippen LogP) is 0.458. The zero-order chi connectivity index (χ0) is 16.1. The summed E-state index contributed by atoms with van der Waals surface area (Å²) in [5.74, 6) is -0.658. The molecule has 0 aromatic heterocycles. The molecule has 1 unspecified atom stereocenters. The van der Waals surface area contributed by atoms with E-state index in [-0.39, 0.29) is 18.0 Å². The number of ether oxygens (including phenoxy) is 1. The molecule has 1 heterocycles. The first-order chi connectivity index (χ1) is 10.5. The Morgan fingerprint density at radius 2 is 2.14 bits per heavy atom. The molecule has 1 fully saturated rings. The van der Waals surface area contributed by atoms with E-state index in [2.05, 4.69) is 10.1 Å². The third-order valence-electron chi connectivity index (χ3n) is 3.56. The van der Waals surface area contributed by atoms with Crippen LogP contribution in [0.2, 0.25) is 0 Å². The first-order valence-electron chi connectivity index (χ1n) is 6.83. The first-order valence-corrected chi connectivity index (χ1v) is 6.83.